The van der Waals surface area contributed by atoms with E-state index in [1.165, 1.54) is 0 Å². The van der Waals surface area contributed by atoms with Crippen LogP contribution in [0.2, 0.25) is 0 Å². The summed E-state index contributed by atoms with van der Waals surface area (Å²) < 4.78 is 0. The Morgan fingerprint density at radius 3 is 2.06 bits per heavy atom. The zero-order chi connectivity index (χ0) is 12.4. The lowest BCUT2D eigenvalue weighted by Crippen LogP contribution is -2.28. The topological polar surface area (TPSA) is 80.9 Å². The second-order valence-corrected chi connectivity index (χ2v) is 4.56. The third-order valence-electron chi connectivity index (χ3n) is 2.87. The maximum atomic E-state index is 9.69. The predicted octanol–water partition coefficient (Wildman–Crippen LogP) is 0.669. The van der Waals surface area contributed by atoms with E-state index in [-0.39, 0.29) is 19.1 Å². The second-order valence-electron chi connectivity index (χ2n) is 4.56. The molecule has 0 aromatic heterocycles. The maximum absolute atomic E-state index is 9.69. The molecule has 0 amide bonds. The van der Waals surface area contributed by atoms with Gasteiger partial charge in [-0.2, -0.15) is 0 Å². The van der Waals surface area contributed by atoms with Crippen LogP contribution in [0, 0.1) is 5.92 Å². The summed E-state index contributed by atoms with van der Waals surface area (Å²) in [5, 5.41) is 36.7. The Bertz CT molecular complexity index is 152. The van der Waals surface area contributed by atoms with Crippen LogP contribution in [0.5, 0.6) is 0 Å². The molecule has 0 spiro atoms. The molecule has 0 saturated heterocycles. The smallest absolute Gasteiger partial charge is 0.0801 e. The molecule has 4 nitrogen and oxygen atoms in total. The van der Waals surface area contributed by atoms with Crippen LogP contribution in [0.4, 0.5) is 0 Å². The average Bonchev–Trinajstić information content (AvgIpc) is 2.24. The van der Waals surface area contributed by atoms with Gasteiger partial charge < -0.3 is 20.4 Å². The first-order valence-electron chi connectivity index (χ1n) is 6.19. The molecular weight excluding hydrogens is 208 g/mol. The molecular formula is C12H26O4. The van der Waals surface area contributed by atoms with Crippen molar-refractivity contribution in [3.63, 3.8) is 0 Å². The monoisotopic (exact) mass is 234 g/mol. The molecule has 16 heavy (non-hydrogen) atoms. The van der Waals surface area contributed by atoms with E-state index in [0.717, 1.165) is 19.3 Å². The molecule has 0 radical (unpaired) electrons. The fourth-order valence-corrected chi connectivity index (χ4v) is 1.74. The van der Waals surface area contributed by atoms with Crippen LogP contribution in [0.15, 0.2) is 0 Å². The number of hydrogen-bond acceptors (Lipinski definition) is 4. The van der Waals surface area contributed by atoms with Crippen molar-refractivity contribution in [3.8, 4) is 0 Å². The summed E-state index contributed by atoms with van der Waals surface area (Å²) >= 11 is 0. The van der Waals surface area contributed by atoms with Crippen LogP contribution < -0.4 is 0 Å². The summed E-state index contributed by atoms with van der Waals surface area (Å²) in [6, 6.07) is 0. The molecule has 0 aromatic carbocycles. The highest BCUT2D eigenvalue weighted by atomic mass is 16.3. The quantitative estimate of drug-likeness (QED) is 0.419. The molecule has 0 aliphatic carbocycles. The Kier molecular flexibility index (Phi) is 9.92. The summed E-state index contributed by atoms with van der Waals surface area (Å²) in [5.41, 5.74) is 0. The molecule has 0 aliphatic rings. The van der Waals surface area contributed by atoms with Crippen LogP contribution in [-0.2, 0) is 0 Å². The molecule has 98 valence electrons. The SMILES string of the molecule is CC(CCO)CC(O)C(O)CCCCCO. The van der Waals surface area contributed by atoms with E-state index in [9.17, 15) is 10.2 Å². The third kappa shape index (κ3) is 8.05. The fourth-order valence-electron chi connectivity index (χ4n) is 1.74. The van der Waals surface area contributed by atoms with E-state index < -0.39 is 12.2 Å². The molecule has 3 unspecified atom stereocenters. The first-order chi connectivity index (χ1) is 7.61. The lowest BCUT2D eigenvalue weighted by Gasteiger charge is -2.20. The first kappa shape index (κ1) is 15.8. The molecule has 0 aromatic rings. The highest BCUT2D eigenvalue weighted by molar-refractivity contribution is 4.70. The molecule has 4 heteroatoms. The van der Waals surface area contributed by atoms with Crippen molar-refractivity contribution >= 4 is 0 Å². The summed E-state index contributed by atoms with van der Waals surface area (Å²) in [6.45, 7) is 2.27. The van der Waals surface area contributed by atoms with E-state index >= 15 is 0 Å². The molecule has 0 saturated carbocycles. The molecule has 0 heterocycles. The van der Waals surface area contributed by atoms with Gasteiger partial charge in [0.1, 0.15) is 0 Å². The van der Waals surface area contributed by atoms with Gasteiger partial charge in [0.2, 0.25) is 0 Å². The average molecular weight is 234 g/mol. The number of rotatable bonds is 10. The van der Waals surface area contributed by atoms with Gasteiger partial charge in [0.05, 0.1) is 12.2 Å². The first-order valence-corrected chi connectivity index (χ1v) is 6.19. The molecule has 3 atom stereocenters. The summed E-state index contributed by atoms with van der Waals surface area (Å²) in [5.74, 6) is 0.229. The van der Waals surface area contributed by atoms with Gasteiger partial charge in [-0.25, -0.2) is 0 Å². The number of hydrogen-bond donors (Lipinski definition) is 4. The van der Waals surface area contributed by atoms with E-state index in [4.69, 9.17) is 10.2 Å². The Hall–Kier alpha value is -0.160. The van der Waals surface area contributed by atoms with Gasteiger partial charge in [-0.3, -0.25) is 0 Å². The molecule has 0 fully saturated rings. The normalized spacial score (nSPS) is 17.1. The zero-order valence-electron chi connectivity index (χ0n) is 10.2. The largest absolute Gasteiger partial charge is 0.396 e. The maximum Gasteiger partial charge on any atom is 0.0801 e. The van der Waals surface area contributed by atoms with Gasteiger partial charge in [-0.05, 0) is 31.6 Å². The van der Waals surface area contributed by atoms with Crippen molar-refractivity contribution in [2.75, 3.05) is 13.2 Å². The van der Waals surface area contributed by atoms with Gasteiger partial charge in [0.25, 0.3) is 0 Å². The standard InChI is InChI=1S/C12H26O4/c1-10(6-8-14)9-12(16)11(15)5-3-2-4-7-13/h10-16H,2-9H2,1H3. The van der Waals surface area contributed by atoms with E-state index in [0.29, 0.717) is 19.3 Å². The lowest BCUT2D eigenvalue weighted by molar-refractivity contribution is -0.00121. The van der Waals surface area contributed by atoms with Crippen LogP contribution in [0.25, 0.3) is 0 Å². The van der Waals surface area contributed by atoms with E-state index in [2.05, 4.69) is 0 Å². The minimum atomic E-state index is -0.698. The highest BCUT2D eigenvalue weighted by Crippen LogP contribution is 2.15. The van der Waals surface area contributed by atoms with Gasteiger partial charge >= 0.3 is 0 Å². The lowest BCUT2D eigenvalue weighted by atomic mass is 9.95. The van der Waals surface area contributed by atoms with Gasteiger partial charge in [-0.15, -0.1) is 0 Å². The second kappa shape index (κ2) is 10.0. The molecule has 0 rings (SSSR count). The van der Waals surface area contributed by atoms with E-state index in [1.807, 2.05) is 6.92 Å². The zero-order valence-corrected chi connectivity index (χ0v) is 10.2. The summed E-state index contributed by atoms with van der Waals surface area (Å²) in [7, 11) is 0. The van der Waals surface area contributed by atoms with Crippen LogP contribution in [0.1, 0.15) is 45.4 Å². The van der Waals surface area contributed by atoms with Crippen molar-refractivity contribution in [2.24, 2.45) is 5.92 Å². The number of aliphatic hydroxyl groups excluding tert-OH is 4. The summed E-state index contributed by atoms with van der Waals surface area (Å²) in [6.07, 6.45) is 2.85. The van der Waals surface area contributed by atoms with Gasteiger partial charge in [-0.1, -0.05) is 19.8 Å². The van der Waals surface area contributed by atoms with Crippen molar-refractivity contribution in [2.45, 2.75) is 57.7 Å². The minimum Gasteiger partial charge on any atom is -0.396 e. The van der Waals surface area contributed by atoms with Crippen molar-refractivity contribution < 1.29 is 20.4 Å². The van der Waals surface area contributed by atoms with Crippen molar-refractivity contribution in [3.05, 3.63) is 0 Å². The minimum absolute atomic E-state index is 0.125. The Balaban J connectivity index is 3.59. The molecule has 4 N–H and O–H groups in total. The van der Waals surface area contributed by atoms with Crippen LogP contribution in [-0.4, -0.2) is 45.8 Å². The Morgan fingerprint density at radius 2 is 1.50 bits per heavy atom. The van der Waals surface area contributed by atoms with Gasteiger partial charge in [0, 0.05) is 13.2 Å². The number of unbranched alkanes of at least 4 members (excludes halogenated alkanes) is 2. The summed E-state index contributed by atoms with van der Waals surface area (Å²) in [4.78, 5) is 0. The fraction of sp³-hybridized carbons (Fsp3) is 1.00. The molecule has 0 aliphatic heterocycles. The van der Waals surface area contributed by atoms with Crippen molar-refractivity contribution in [1.29, 1.82) is 0 Å². The van der Waals surface area contributed by atoms with Crippen LogP contribution >= 0.6 is 0 Å². The Morgan fingerprint density at radius 1 is 0.812 bits per heavy atom. The van der Waals surface area contributed by atoms with Crippen LogP contribution in [0.3, 0.4) is 0 Å². The van der Waals surface area contributed by atoms with E-state index in [1.54, 1.807) is 0 Å². The highest BCUT2D eigenvalue weighted by Gasteiger charge is 2.18. The number of aliphatic hydroxyl groups is 4. The third-order valence-corrected chi connectivity index (χ3v) is 2.87. The van der Waals surface area contributed by atoms with Crippen molar-refractivity contribution in [1.82, 2.24) is 0 Å². The Labute approximate surface area is 97.9 Å². The van der Waals surface area contributed by atoms with Gasteiger partial charge in [0.15, 0.2) is 0 Å². The molecule has 0 bridgehead atoms. The predicted molar refractivity (Wildman–Crippen MR) is 63.1 cm³/mol.